The first-order valence-electron chi connectivity index (χ1n) is 5.21. The van der Waals surface area contributed by atoms with Crippen molar-refractivity contribution >= 4 is 6.29 Å². The highest BCUT2D eigenvalue weighted by Gasteiger charge is 2.04. The van der Waals surface area contributed by atoms with Crippen LogP contribution in [-0.4, -0.2) is 6.29 Å². The average Bonchev–Trinajstić information content (AvgIpc) is 2.20. The first kappa shape index (κ1) is 11.0. The molecule has 1 aromatic carbocycles. The van der Waals surface area contributed by atoms with E-state index in [1.165, 1.54) is 16.7 Å². The molecule has 76 valence electrons. The topological polar surface area (TPSA) is 17.1 Å². The molecule has 0 bridgehead atoms. The number of rotatable bonds is 4. The van der Waals surface area contributed by atoms with Gasteiger partial charge in [-0.3, -0.25) is 0 Å². The number of carbonyl (C=O) groups excluding carboxylic acids is 1. The SMILES string of the molecule is CCc1ccc(C[C@H](C)C=O)c(C)c1. The fraction of sp³-hybridized carbons (Fsp3) is 0.462. The second-order valence-electron chi connectivity index (χ2n) is 3.93. The van der Waals surface area contributed by atoms with Gasteiger partial charge in [0.25, 0.3) is 0 Å². The number of benzene rings is 1. The van der Waals surface area contributed by atoms with Crippen LogP contribution in [0.2, 0.25) is 0 Å². The molecule has 0 saturated heterocycles. The highest BCUT2D eigenvalue weighted by Crippen LogP contribution is 2.15. The number of hydrogen-bond acceptors (Lipinski definition) is 1. The summed E-state index contributed by atoms with van der Waals surface area (Å²) in [5, 5.41) is 0. The Morgan fingerprint density at radius 1 is 1.43 bits per heavy atom. The molecule has 1 aromatic rings. The maximum atomic E-state index is 10.5. The fourth-order valence-corrected chi connectivity index (χ4v) is 1.60. The maximum Gasteiger partial charge on any atom is 0.123 e. The van der Waals surface area contributed by atoms with Gasteiger partial charge in [-0.1, -0.05) is 32.0 Å². The van der Waals surface area contributed by atoms with Gasteiger partial charge in [-0.25, -0.2) is 0 Å². The van der Waals surface area contributed by atoms with Gasteiger partial charge in [0.2, 0.25) is 0 Å². The van der Waals surface area contributed by atoms with Crippen LogP contribution in [-0.2, 0) is 17.6 Å². The van der Waals surface area contributed by atoms with Crippen LogP contribution >= 0.6 is 0 Å². The Morgan fingerprint density at radius 2 is 2.14 bits per heavy atom. The molecule has 0 aliphatic heterocycles. The molecule has 0 N–H and O–H groups in total. The molecule has 1 atom stereocenters. The monoisotopic (exact) mass is 190 g/mol. The summed E-state index contributed by atoms with van der Waals surface area (Å²) in [6, 6.07) is 6.51. The molecule has 0 aliphatic carbocycles. The molecule has 0 fully saturated rings. The minimum Gasteiger partial charge on any atom is -0.303 e. The number of aryl methyl sites for hydroxylation is 2. The van der Waals surface area contributed by atoms with Crippen molar-refractivity contribution in [2.75, 3.05) is 0 Å². The lowest BCUT2D eigenvalue weighted by Gasteiger charge is -2.09. The third-order valence-corrected chi connectivity index (χ3v) is 2.59. The summed E-state index contributed by atoms with van der Waals surface area (Å²) in [6.07, 6.45) is 2.96. The molecule has 1 rings (SSSR count). The van der Waals surface area contributed by atoms with Crippen LogP contribution in [0.5, 0.6) is 0 Å². The quantitative estimate of drug-likeness (QED) is 0.667. The maximum absolute atomic E-state index is 10.5. The van der Waals surface area contributed by atoms with Crippen LogP contribution in [0.4, 0.5) is 0 Å². The Kier molecular flexibility index (Phi) is 3.87. The van der Waals surface area contributed by atoms with Crippen molar-refractivity contribution in [2.24, 2.45) is 5.92 Å². The number of carbonyl (C=O) groups is 1. The van der Waals surface area contributed by atoms with Crippen LogP contribution in [0.15, 0.2) is 18.2 Å². The van der Waals surface area contributed by atoms with Gasteiger partial charge < -0.3 is 4.79 Å². The third kappa shape index (κ3) is 2.69. The predicted octanol–water partition coefficient (Wildman–Crippen LogP) is 2.93. The lowest BCUT2D eigenvalue weighted by atomic mass is 9.96. The molecule has 0 radical (unpaired) electrons. The summed E-state index contributed by atoms with van der Waals surface area (Å²) in [6.45, 7) is 6.23. The summed E-state index contributed by atoms with van der Waals surface area (Å²) >= 11 is 0. The molecule has 1 nitrogen and oxygen atoms in total. The highest BCUT2D eigenvalue weighted by molar-refractivity contribution is 5.54. The van der Waals surface area contributed by atoms with Gasteiger partial charge in [0.1, 0.15) is 6.29 Å². The van der Waals surface area contributed by atoms with Crippen molar-refractivity contribution < 1.29 is 4.79 Å². The van der Waals surface area contributed by atoms with Gasteiger partial charge in [0, 0.05) is 5.92 Å². The van der Waals surface area contributed by atoms with Crippen molar-refractivity contribution in [1.82, 2.24) is 0 Å². The van der Waals surface area contributed by atoms with Crippen LogP contribution in [0.3, 0.4) is 0 Å². The molecule has 0 amide bonds. The Morgan fingerprint density at radius 3 is 2.64 bits per heavy atom. The van der Waals surface area contributed by atoms with E-state index in [0.717, 1.165) is 19.1 Å². The molecule has 0 heterocycles. The second kappa shape index (κ2) is 4.94. The molecule has 0 aromatic heterocycles. The lowest BCUT2D eigenvalue weighted by Crippen LogP contribution is -2.02. The van der Waals surface area contributed by atoms with Crippen molar-refractivity contribution in [3.8, 4) is 0 Å². The average molecular weight is 190 g/mol. The van der Waals surface area contributed by atoms with Gasteiger partial charge >= 0.3 is 0 Å². The Labute approximate surface area is 86.1 Å². The van der Waals surface area contributed by atoms with Gasteiger partial charge in [0.05, 0.1) is 0 Å². The summed E-state index contributed by atoms with van der Waals surface area (Å²) < 4.78 is 0. The normalized spacial score (nSPS) is 12.5. The van der Waals surface area contributed by atoms with Crippen LogP contribution in [0.25, 0.3) is 0 Å². The fourth-order valence-electron chi connectivity index (χ4n) is 1.60. The zero-order chi connectivity index (χ0) is 10.6. The first-order valence-corrected chi connectivity index (χ1v) is 5.21. The van der Waals surface area contributed by atoms with Crippen molar-refractivity contribution in [3.05, 3.63) is 34.9 Å². The molecule has 14 heavy (non-hydrogen) atoms. The van der Waals surface area contributed by atoms with E-state index in [0.29, 0.717) is 0 Å². The van der Waals surface area contributed by atoms with E-state index in [1.54, 1.807) is 0 Å². The largest absolute Gasteiger partial charge is 0.303 e. The van der Waals surface area contributed by atoms with Crippen LogP contribution in [0.1, 0.15) is 30.5 Å². The van der Waals surface area contributed by atoms with Crippen LogP contribution < -0.4 is 0 Å². The van der Waals surface area contributed by atoms with Gasteiger partial charge in [0.15, 0.2) is 0 Å². The van der Waals surface area contributed by atoms with E-state index >= 15 is 0 Å². The van der Waals surface area contributed by atoms with E-state index in [2.05, 4.69) is 32.0 Å². The molecule has 1 heteroatoms. The standard InChI is InChI=1S/C13H18O/c1-4-12-5-6-13(11(3)8-12)7-10(2)9-14/h5-6,8-10H,4,7H2,1-3H3/t10-/m0/s1. The summed E-state index contributed by atoms with van der Waals surface area (Å²) in [4.78, 5) is 10.5. The zero-order valence-corrected chi connectivity index (χ0v) is 9.21. The summed E-state index contributed by atoms with van der Waals surface area (Å²) in [5.41, 5.74) is 3.96. The van der Waals surface area contributed by atoms with E-state index in [1.807, 2.05) is 6.92 Å². The van der Waals surface area contributed by atoms with E-state index in [4.69, 9.17) is 0 Å². The van der Waals surface area contributed by atoms with Gasteiger partial charge in [-0.15, -0.1) is 0 Å². The lowest BCUT2D eigenvalue weighted by molar-refractivity contribution is -0.110. The second-order valence-corrected chi connectivity index (χ2v) is 3.93. The first-order chi connectivity index (χ1) is 6.67. The van der Waals surface area contributed by atoms with Gasteiger partial charge in [-0.2, -0.15) is 0 Å². The molecule has 0 unspecified atom stereocenters. The van der Waals surface area contributed by atoms with Crippen molar-refractivity contribution in [1.29, 1.82) is 0 Å². The number of hydrogen-bond donors (Lipinski definition) is 0. The Balaban J connectivity index is 2.83. The highest BCUT2D eigenvalue weighted by atomic mass is 16.1. The van der Waals surface area contributed by atoms with Crippen molar-refractivity contribution in [2.45, 2.75) is 33.6 Å². The van der Waals surface area contributed by atoms with Gasteiger partial charge in [-0.05, 0) is 36.5 Å². The summed E-state index contributed by atoms with van der Waals surface area (Å²) in [5.74, 6) is 0.126. The van der Waals surface area contributed by atoms with E-state index in [-0.39, 0.29) is 5.92 Å². The van der Waals surface area contributed by atoms with Crippen molar-refractivity contribution in [3.63, 3.8) is 0 Å². The minimum atomic E-state index is 0.126. The van der Waals surface area contributed by atoms with E-state index < -0.39 is 0 Å². The minimum absolute atomic E-state index is 0.126. The number of aldehydes is 1. The Hall–Kier alpha value is -1.11. The Bertz CT molecular complexity index is 315. The molecule has 0 aliphatic rings. The van der Waals surface area contributed by atoms with Crippen LogP contribution in [0, 0.1) is 12.8 Å². The smallest absolute Gasteiger partial charge is 0.123 e. The predicted molar refractivity (Wildman–Crippen MR) is 59.5 cm³/mol. The molecular weight excluding hydrogens is 172 g/mol. The summed E-state index contributed by atoms with van der Waals surface area (Å²) in [7, 11) is 0. The zero-order valence-electron chi connectivity index (χ0n) is 9.21. The molecule has 0 saturated carbocycles. The third-order valence-electron chi connectivity index (χ3n) is 2.59. The molecule has 0 spiro atoms. The van der Waals surface area contributed by atoms with E-state index in [9.17, 15) is 4.79 Å². The molecular formula is C13H18O.